The highest BCUT2D eigenvalue weighted by Gasteiger charge is 2.42. The number of nitrogens with one attached hydrogen (secondary N) is 1. The highest BCUT2D eigenvalue weighted by molar-refractivity contribution is 6.00. The fraction of sp³-hybridized carbons (Fsp3) is 0.464. The lowest BCUT2D eigenvalue weighted by Crippen LogP contribution is -2.42. The molecule has 0 unspecified atom stereocenters. The molecule has 1 spiro atoms. The predicted octanol–water partition coefficient (Wildman–Crippen LogP) is 5.25. The van der Waals surface area contributed by atoms with Crippen LogP contribution in [0, 0.1) is 6.92 Å². The Labute approximate surface area is 205 Å². The van der Waals surface area contributed by atoms with Crippen molar-refractivity contribution in [1.82, 2.24) is 5.32 Å². The van der Waals surface area contributed by atoms with Crippen LogP contribution in [0.25, 0.3) is 11.0 Å². The maximum absolute atomic E-state index is 13.0. The number of hydrogen-bond acceptors (Lipinski definition) is 6. The third-order valence-corrected chi connectivity index (χ3v) is 7.44. The fourth-order valence-corrected chi connectivity index (χ4v) is 5.66. The molecule has 1 aliphatic carbocycles. The summed E-state index contributed by atoms with van der Waals surface area (Å²) in [4.78, 5) is 13.0. The molecule has 1 fully saturated rings. The molecule has 7 nitrogen and oxygen atoms in total. The lowest BCUT2D eigenvalue weighted by atomic mass is 9.77. The highest BCUT2D eigenvalue weighted by atomic mass is 16.5. The van der Waals surface area contributed by atoms with Gasteiger partial charge in [0.15, 0.2) is 17.3 Å². The molecule has 2 aromatic carbocycles. The quantitative estimate of drug-likeness (QED) is 0.502. The topological polar surface area (TPSA) is 90.2 Å². The summed E-state index contributed by atoms with van der Waals surface area (Å²) in [5.74, 6) is 2.03. The second-order valence-corrected chi connectivity index (χ2v) is 9.67. The van der Waals surface area contributed by atoms with Gasteiger partial charge < -0.3 is 29.1 Å². The SMILES string of the molecule is COc1ccc(CCNC(=O)c2oc3ccc4c(c3c2C)[C@@H](O)CC2(CCCCC2)O4)cc1OC. The van der Waals surface area contributed by atoms with Gasteiger partial charge >= 0.3 is 0 Å². The van der Waals surface area contributed by atoms with E-state index < -0.39 is 6.10 Å². The molecular formula is C28H33NO6. The number of fused-ring (bicyclic) bond motifs is 3. The Balaban J connectivity index is 1.34. The summed E-state index contributed by atoms with van der Waals surface area (Å²) in [6.07, 6.45) is 5.99. The molecule has 186 valence electrons. The van der Waals surface area contributed by atoms with Crippen LogP contribution in [-0.4, -0.2) is 37.4 Å². The maximum atomic E-state index is 13.0. The van der Waals surface area contributed by atoms with Crippen LogP contribution in [0.15, 0.2) is 34.7 Å². The van der Waals surface area contributed by atoms with Crippen LogP contribution in [0.4, 0.5) is 0 Å². The van der Waals surface area contributed by atoms with Gasteiger partial charge in [0.05, 0.1) is 20.3 Å². The molecule has 1 saturated carbocycles. The molecule has 1 amide bonds. The smallest absolute Gasteiger partial charge is 0.287 e. The van der Waals surface area contributed by atoms with Crippen LogP contribution >= 0.6 is 0 Å². The van der Waals surface area contributed by atoms with E-state index >= 15 is 0 Å². The molecule has 1 atom stereocenters. The standard InChI is InChI=1S/C28H33NO6/c1-17-24-21(9-10-22-25(24)19(30)16-28(35-22)12-5-4-6-13-28)34-26(17)27(31)29-14-11-18-7-8-20(32-2)23(15-18)33-3/h7-10,15,19,30H,4-6,11-14,16H2,1-3H3,(H,29,31)/t19-/m0/s1. The van der Waals surface area contributed by atoms with Gasteiger partial charge in [-0.25, -0.2) is 0 Å². The molecule has 0 radical (unpaired) electrons. The number of benzene rings is 2. The first-order valence-electron chi connectivity index (χ1n) is 12.4. The molecule has 0 saturated heterocycles. The highest BCUT2D eigenvalue weighted by Crippen LogP contribution is 2.49. The number of furan rings is 1. The molecule has 1 aliphatic heterocycles. The monoisotopic (exact) mass is 479 g/mol. The lowest BCUT2D eigenvalue weighted by Gasteiger charge is -2.43. The third-order valence-electron chi connectivity index (χ3n) is 7.44. The molecule has 2 heterocycles. The number of aliphatic hydroxyl groups is 1. The summed E-state index contributed by atoms with van der Waals surface area (Å²) in [5, 5.41) is 14.9. The van der Waals surface area contributed by atoms with Crippen molar-refractivity contribution < 1.29 is 28.5 Å². The summed E-state index contributed by atoms with van der Waals surface area (Å²) in [6.45, 7) is 2.31. The predicted molar refractivity (Wildman–Crippen MR) is 133 cm³/mol. The normalized spacial score (nSPS) is 18.7. The first kappa shape index (κ1) is 23.5. The van der Waals surface area contributed by atoms with E-state index in [9.17, 15) is 9.90 Å². The zero-order valence-corrected chi connectivity index (χ0v) is 20.6. The molecular weight excluding hydrogens is 446 g/mol. The zero-order valence-electron chi connectivity index (χ0n) is 20.6. The van der Waals surface area contributed by atoms with Crippen molar-refractivity contribution in [2.75, 3.05) is 20.8 Å². The van der Waals surface area contributed by atoms with Crippen LogP contribution in [-0.2, 0) is 6.42 Å². The van der Waals surface area contributed by atoms with E-state index in [0.717, 1.165) is 47.8 Å². The average Bonchev–Trinajstić information content (AvgIpc) is 3.20. The number of amides is 1. The number of aryl methyl sites for hydroxylation is 1. The summed E-state index contributed by atoms with van der Waals surface area (Å²) < 4.78 is 23.1. The second-order valence-electron chi connectivity index (χ2n) is 9.67. The van der Waals surface area contributed by atoms with Crippen LogP contribution in [0.5, 0.6) is 17.2 Å². The minimum atomic E-state index is -0.641. The van der Waals surface area contributed by atoms with Gasteiger partial charge in [0.1, 0.15) is 16.9 Å². The van der Waals surface area contributed by atoms with E-state index in [4.69, 9.17) is 18.6 Å². The van der Waals surface area contributed by atoms with Gasteiger partial charge in [-0.15, -0.1) is 0 Å². The van der Waals surface area contributed by atoms with E-state index in [0.29, 0.717) is 42.2 Å². The number of carbonyl (C=O) groups is 1. The van der Waals surface area contributed by atoms with E-state index in [1.54, 1.807) is 14.2 Å². The van der Waals surface area contributed by atoms with Crippen molar-refractivity contribution >= 4 is 16.9 Å². The van der Waals surface area contributed by atoms with Gasteiger partial charge in [-0.05, 0) is 68.9 Å². The maximum Gasteiger partial charge on any atom is 0.287 e. The van der Waals surface area contributed by atoms with Gasteiger partial charge in [0.25, 0.3) is 5.91 Å². The Morgan fingerprint density at radius 1 is 1.11 bits per heavy atom. The van der Waals surface area contributed by atoms with E-state index in [1.807, 2.05) is 37.3 Å². The van der Waals surface area contributed by atoms with Gasteiger partial charge in [-0.3, -0.25) is 4.79 Å². The molecule has 7 heteroatoms. The molecule has 5 rings (SSSR count). The Morgan fingerprint density at radius 2 is 1.89 bits per heavy atom. The number of hydrogen-bond donors (Lipinski definition) is 2. The Hall–Kier alpha value is -3.19. The number of methoxy groups -OCH3 is 2. The Bertz CT molecular complexity index is 1240. The summed E-state index contributed by atoms with van der Waals surface area (Å²) >= 11 is 0. The summed E-state index contributed by atoms with van der Waals surface area (Å²) in [5.41, 5.74) is 2.80. The molecule has 3 aromatic rings. The number of rotatable bonds is 6. The van der Waals surface area contributed by atoms with Crippen molar-refractivity contribution in [2.24, 2.45) is 0 Å². The molecule has 0 bridgehead atoms. The number of carbonyl (C=O) groups excluding carboxylic acids is 1. The molecule has 35 heavy (non-hydrogen) atoms. The first-order valence-corrected chi connectivity index (χ1v) is 12.4. The lowest BCUT2D eigenvalue weighted by molar-refractivity contribution is -0.0373. The third kappa shape index (κ3) is 4.33. The van der Waals surface area contributed by atoms with Crippen molar-refractivity contribution in [2.45, 2.75) is 63.6 Å². The van der Waals surface area contributed by atoms with Crippen LogP contribution in [0.1, 0.15) is 71.9 Å². The van der Waals surface area contributed by atoms with Crippen LogP contribution < -0.4 is 19.5 Å². The van der Waals surface area contributed by atoms with Crippen LogP contribution in [0.2, 0.25) is 0 Å². The van der Waals surface area contributed by atoms with Gasteiger partial charge in [-0.1, -0.05) is 12.5 Å². The van der Waals surface area contributed by atoms with E-state index in [1.165, 1.54) is 6.42 Å². The minimum absolute atomic E-state index is 0.269. The Kier molecular flexibility index (Phi) is 6.36. The van der Waals surface area contributed by atoms with Gasteiger partial charge in [0, 0.05) is 29.5 Å². The number of ether oxygens (including phenoxy) is 3. The summed E-state index contributed by atoms with van der Waals surface area (Å²) in [7, 11) is 3.20. The van der Waals surface area contributed by atoms with Crippen molar-refractivity contribution in [3.63, 3.8) is 0 Å². The van der Waals surface area contributed by atoms with E-state index in [-0.39, 0.29) is 17.3 Å². The zero-order chi connectivity index (χ0) is 24.6. The van der Waals surface area contributed by atoms with Gasteiger partial charge in [-0.2, -0.15) is 0 Å². The van der Waals surface area contributed by atoms with Crippen molar-refractivity contribution in [3.05, 3.63) is 52.8 Å². The first-order chi connectivity index (χ1) is 16.9. The van der Waals surface area contributed by atoms with Crippen molar-refractivity contribution in [3.8, 4) is 17.2 Å². The minimum Gasteiger partial charge on any atom is -0.493 e. The van der Waals surface area contributed by atoms with Crippen LogP contribution in [0.3, 0.4) is 0 Å². The molecule has 2 aliphatic rings. The Morgan fingerprint density at radius 3 is 2.63 bits per heavy atom. The largest absolute Gasteiger partial charge is 0.493 e. The van der Waals surface area contributed by atoms with Crippen molar-refractivity contribution in [1.29, 1.82) is 0 Å². The van der Waals surface area contributed by atoms with Gasteiger partial charge in [0.2, 0.25) is 0 Å². The molecule has 2 N–H and O–H groups in total. The molecule has 1 aromatic heterocycles. The fourth-order valence-electron chi connectivity index (χ4n) is 5.66. The number of aliphatic hydroxyl groups excluding tert-OH is 1. The summed E-state index contributed by atoms with van der Waals surface area (Å²) in [6, 6.07) is 9.43. The second kappa shape index (κ2) is 9.46. The van der Waals surface area contributed by atoms with E-state index in [2.05, 4.69) is 5.32 Å². The average molecular weight is 480 g/mol.